The molecule has 0 aliphatic carbocycles. The van der Waals surface area contributed by atoms with E-state index in [2.05, 4.69) is 16.8 Å². The molecule has 3 rings (SSSR count). The van der Waals surface area contributed by atoms with Crippen molar-refractivity contribution in [3.63, 3.8) is 0 Å². The third-order valence-corrected chi connectivity index (χ3v) is 4.70. The quantitative estimate of drug-likeness (QED) is 0.506. The highest BCUT2D eigenvalue weighted by atomic mass is 16.5. The van der Waals surface area contributed by atoms with Gasteiger partial charge in [-0.25, -0.2) is 0 Å². The van der Waals surface area contributed by atoms with E-state index >= 15 is 0 Å². The minimum absolute atomic E-state index is 0.193. The predicted molar refractivity (Wildman–Crippen MR) is 119 cm³/mol. The van der Waals surface area contributed by atoms with Gasteiger partial charge in [0, 0.05) is 31.4 Å². The summed E-state index contributed by atoms with van der Waals surface area (Å²) in [7, 11) is 1.58. The standard InChI is InChI=1S/C24H28N2O4/c1-3-14-30-22-10-6-19(17-23(22)28-2)7-11-24(27)25-21-8-4-20(5-9-21)18-26-12-15-29-16-13-26/h3-11,17H,1,12-16,18H2,2H3,(H,25,27)/b11-7+. The molecule has 0 bridgehead atoms. The molecule has 158 valence electrons. The average Bonchev–Trinajstić information content (AvgIpc) is 2.78. The third-order valence-electron chi connectivity index (χ3n) is 4.70. The number of carbonyl (C=O) groups is 1. The highest BCUT2D eigenvalue weighted by molar-refractivity contribution is 6.01. The van der Waals surface area contributed by atoms with Crippen LogP contribution in [0.5, 0.6) is 11.5 Å². The Bertz CT molecular complexity index is 871. The highest BCUT2D eigenvalue weighted by Crippen LogP contribution is 2.28. The molecule has 0 unspecified atom stereocenters. The van der Waals surface area contributed by atoms with E-state index in [1.807, 2.05) is 42.5 Å². The SMILES string of the molecule is C=CCOc1ccc(/C=C/C(=O)Nc2ccc(CN3CCOCC3)cc2)cc1OC. The maximum Gasteiger partial charge on any atom is 0.248 e. The minimum atomic E-state index is -0.193. The lowest BCUT2D eigenvalue weighted by molar-refractivity contribution is -0.111. The molecule has 1 heterocycles. The molecule has 1 aliphatic heterocycles. The summed E-state index contributed by atoms with van der Waals surface area (Å²) in [6.07, 6.45) is 4.91. The Morgan fingerprint density at radius 1 is 1.17 bits per heavy atom. The first kappa shape index (κ1) is 21.6. The molecule has 30 heavy (non-hydrogen) atoms. The largest absolute Gasteiger partial charge is 0.493 e. The fourth-order valence-electron chi connectivity index (χ4n) is 3.12. The summed E-state index contributed by atoms with van der Waals surface area (Å²) in [5, 5.41) is 2.88. The van der Waals surface area contributed by atoms with Crippen LogP contribution in [-0.2, 0) is 16.1 Å². The molecule has 1 saturated heterocycles. The zero-order valence-corrected chi connectivity index (χ0v) is 17.3. The van der Waals surface area contributed by atoms with Crippen molar-refractivity contribution in [1.82, 2.24) is 4.90 Å². The molecule has 2 aromatic carbocycles. The van der Waals surface area contributed by atoms with Crippen molar-refractivity contribution < 1.29 is 19.0 Å². The molecule has 6 nitrogen and oxygen atoms in total. The van der Waals surface area contributed by atoms with Crippen LogP contribution in [0.15, 0.2) is 61.2 Å². The number of carbonyl (C=O) groups excluding carboxylic acids is 1. The van der Waals surface area contributed by atoms with E-state index in [1.165, 1.54) is 11.6 Å². The Morgan fingerprint density at radius 2 is 1.93 bits per heavy atom. The van der Waals surface area contributed by atoms with Crippen LogP contribution in [0.1, 0.15) is 11.1 Å². The molecular formula is C24H28N2O4. The van der Waals surface area contributed by atoms with E-state index < -0.39 is 0 Å². The molecule has 0 saturated carbocycles. The van der Waals surface area contributed by atoms with Gasteiger partial charge in [-0.1, -0.05) is 30.9 Å². The molecule has 0 radical (unpaired) electrons. The van der Waals surface area contributed by atoms with E-state index in [-0.39, 0.29) is 5.91 Å². The Labute approximate surface area is 177 Å². The highest BCUT2D eigenvalue weighted by Gasteiger charge is 2.10. The number of benzene rings is 2. The molecule has 1 amide bonds. The second-order valence-electron chi connectivity index (χ2n) is 6.92. The summed E-state index contributed by atoms with van der Waals surface area (Å²) in [5.74, 6) is 1.05. The van der Waals surface area contributed by atoms with Gasteiger partial charge in [0.15, 0.2) is 11.5 Å². The van der Waals surface area contributed by atoms with Crippen LogP contribution >= 0.6 is 0 Å². The van der Waals surface area contributed by atoms with Crippen molar-refractivity contribution in [2.45, 2.75) is 6.54 Å². The van der Waals surface area contributed by atoms with E-state index in [4.69, 9.17) is 14.2 Å². The predicted octanol–water partition coefficient (Wildman–Crippen LogP) is 3.74. The fourth-order valence-corrected chi connectivity index (χ4v) is 3.12. The van der Waals surface area contributed by atoms with Crippen molar-refractivity contribution in [3.05, 3.63) is 72.3 Å². The summed E-state index contributed by atoms with van der Waals surface area (Å²) in [6, 6.07) is 13.4. The maximum absolute atomic E-state index is 12.3. The summed E-state index contributed by atoms with van der Waals surface area (Å²) in [6.45, 7) is 8.42. The van der Waals surface area contributed by atoms with Crippen LogP contribution in [0.4, 0.5) is 5.69 Å². The molecule has 1 fully saturated rings. The normalized spacial score (nSPS) is 14.4. The first-order chi connectivity index (χ1) is 14.7. The van der Waals surface area contributed by atoms with Gasteiger partial charge in [-0.05, 0) is 41.5 Å². The molecular weight excluding hydrogens is 380 g/mol. The van der Waals surface area contributed by atoms with Gasteiger partial charge in [0.05, 0.1) is 20.3 Å². The number of morpholine rings is 1. The molecule has 0 spiro atoms. The Kier molecular flexibility index (Phi) is 8.06. The zero-order chi connectivity index (χ0) is 21.2. The lowest BCUT2D eigenvalue weighted by Crippen LogP contribution is -2.35. The van der Waals surface area contributed by atoms with Crippen molar-refractivity contribution in [2.75, 3.05) is 45.3 Å². The van der Waals surface area contributed by atoms with Crippen LogP contribution < -0.4 is 14.8 Å². The van der Waals surface area contributed by atoms with Gasteiger partial charge in [0.25, 0.3) is 0 Å². The third kappa shape index (κ3) is 6.47. The summed E-state index contributed by atoms with van der Waals surface area (Å²) >= 11 is 0. The second kappa shape index (κ2) is 11.2. The zero-order valence-electron chi connectivity index (χ0n) is 17.3. The average molecular weight is 408 g/mol. The van der Waals surface area contributed by atoms with Gasteiger partial charge < -0.3 is 19.5 Å². The van der Waals surface area contributed by atoms with E-state index in [9.17, 15) is 4.79 Å². The summed E-state index contributed by atoms with van der Waals surface area (Å²) < 4.78 is 16.3. The minimum Gasteiger partial charge on any atom is -0.493 e. The van der Waals surface area contributed by atoms with Crippen molar-refractivity contribution in [2.24, 2.45) is 0 Å². The Hall–Kier alpha value is -3.09. The van der Waals surface area contributed by atoms with Crippen molar-refractivity contribution in [3.8, 4) is 11.5 Å². The van der Waals surface area contributed by atoms with E-state index in [1.54, 1.807) is 19.3 Å². The van der Waals surface area contributed by atoms with Crippen LogP contribution in [0, 0.1) is 0 Å². The first-order valence-electron chi connectivity index (χ1n) is 9.98. The summed E-state index contributed by atoms with van der Waals surface area (Å²) in [4.78, 5) is 14.6. The monoisotopic (exact) mass is 408 g/mol. The number of nitrogens with zero attached hydrogens (tertiary/aromatic N) is 1. The van der Waals surface area contributed by atoms with Crippen LogP contribution in [0.25, 0.3) is 6.08 Å². The Balaban J connectivity index is 1.54. The molecule has 6 heteroatoms. The lowest BCUT2D eigenvalue weighted by atomic mass is 10.1. The number of amides is 1. The van der Waals surface area contributed by atoms with Crippen LogP contribution in [-0.4, -0.2) is 50.8 Å². The van der Waals surface area contributed by atoms with Crippen molar-refractivity contribution >= 4 is 17.7 Å². The number of hydrogen-bond donors (Lipinski definition) is 1. The van der Waals surface area contributed by atoms with Gasteiger partial charge in [-0.2, -0.15) is 0 Å². The van der Waals surface area contributed by atoms with Gasteiger partial charge in [0.2, 0.25) is 5.91 Å². The molecule has 2 aromatic rings. The second-order valence-corrected chi connectivity index (χ2v) is 6.92. The fraction of sp³-hybridized carbons (Fsp3) is 0.292. The smallest absolute Gasteiger partial charge is 0.248 e. The van der Waals surface area contributed by atoms with Gasteiger partial charge >= 0.3 is 0 Å². The number of anilines is 1. The van der Waals surface area contributed by atoms with Gasteiger partial charge in [-0.3, -0.25) is 9.69 Å². The van der Waals surface area contributed by atoms with Crippen LogP contribution in [0.2, 0.25) is 0 Å². The molecule has 0 atom stereocenters. The maximum atomic E-state index is 12.3. The molecule has 1 N–H and O–H groups in total. The number of hydrogen-bond acceptors (Lipinski definition) is 5. The van der Waals surface area contributed by atoms with E-state index in [0.29, 0.717) is 18.1 Å². The number of nitrogens with one attached hydrogen (secondary N) is 1. The first-order valence-corrected chi connectivity index (χ1v) is 9.98. The number of rotatable bonds is 9. The van der Waals surface area contributed by atoms with Crippen molar-refractivity contribution in [1.29, 1.82) is 0 Å². The molecule has 0 aromatic heterocycles. The Morgan fingerprint density at radius 3 is 2.63 bits per heavy atom. The summed E-state index contributed by atoms with van der Waals surface area (Å²) in [5.41, 5.74) is 2.83. The van der Waals surface area contributed by atoms with E-state index in [0.717, 1.165) is 44.1 Å². The van der Waals surface area contributed by atoms with Gasteiger partial charge in [0.1, 0.15) is 6.61 Å². The number of ether oxygens (including phenoxy) is 3. The molecule has 1 aliphatic rings. The van der Waals surface area contributed by atoms with Crippen LogP contribution in [0.3, 0.4) is 0 Å². The lowest BCUT2D eigenvalue weighted by Gasteiger charge is -2.26. The van der Waals surface area contributed by atoms with Gasteiger partial charge in [-0.15, -0.1) is 0 Å². The topological polar surface area (TPSA) is 60.0 Å². The number of methoxy groups -OCH3 is 1.